The van der Waals surface area contributed by atoms with Crippen molar-refractivity contribution in [3.63, 3.8) is 0 Å². The molecule has 0 saturated heterocycles. The maximum atomic E-state index is 13.5. The van der Waals surface area contributed by atoms with Crippen molar-refractivity contribution in [2.24, 2.45) is 7.05 Å². The van der Waals surface area contributed by atoms with Gasteiger partial charge in [0.2, 0.25) is 5.88 Å². The zero-order chi connectivity index (χ0) is 25.4. The first-order chi connectivity index (χ1) is 16.4. The van der Waals surface area contributed by atoms with Crippen molar-refractivity contribution in [3.8, 4) is 33.7 Å². The van der Waals surface area contributed by atoms with E-state index < -0.39 is 23.7 Å². The normalized spacial score (nSPS) is 12.1. The summed E-state index contributed by atoms with van der Waals surface area (Å²) in [6.45, 7) is -0.0231. The van der Waals surface area contributed by atoms with Gasteiger partial charge in [-0.3, -0.25) is 4.68 Å². The fraction of sp³-hybridized carbons (Fsp3) is 0.238. The molecule has 7 nitrogen and oxygen atoms in total. The van der Waals surface area contributed by atoms with Crippen molar-refractivity contribution >= 4 is 11.3 Å². The Morgan fingerprint density at radius 1 is 0.971 bits per heavy atom. The molecule has 4 rings (SSSR count). The molecule has 4 aromatic rings. The number of rotatable bonds is 6. The number of hydrogen-bond acceptors (Lipinski definition) is 7. The summed E-state index contributed by atoms with van der Waals surface area (Å²) in [5.41, 5.74) is -2.29. The number of hydrogen-bond donors (Lipinski definition) is 0. The Hall–Kier alpha value is -3.68. The third kappa shape index (κ3) is 5.53. The van der Waals surface area contributed by atoms with Crippen molar-refractivity contribution in [2.75, 3.05) is 7.11 Å². The standard InChI is InChI=1S/C21H15F6N5O2S/c1-32-8-13(17(31-32)21(25,26)27)14-7-16(34-9-11-3-5-12(33-2)6-4-11)30-18(28-14)19-29-15(10-35-19)20(22,23)24/h3-8,10H,9H2,1-2H3. The minimum absolute atomic E-state index is 0.0231. The van der Waals surface area contributed by atoms with Crippen LogP contribution in [0, 0.1) is 0 Å². The largest absolute Gasteiger partial charge is 0.497 e. The number of methoxy groups -OCH3 is 1. The number of nitrogens with zero attached hydrogens (tertiary/aromatic N) is 5. The lowest BCUT2D eigenvalue weighted by Crippen LogP contribution is -2.09. The average Bonchev–Trinajstić information content (AvgIpc) is 3.45. The van der Waals surface area contributed by atoms with Crippen LogP contribution in [0.5, 0.6) is 11.6 Å². The van der Waals surface area contributed by atoms with Crippen molar-refractivity contribution < 1.29 is 35.8 Å². The first-order valence-corrected chi connectivity index (χ1v) is 10.6. The predicted molar refractivity (Wildman–Crippen MR) is 113 cm³/mol. The van der Waals surface area contributed by atoms with Gasteiger partial charge < -0.3 is 9.47 Å². The Kier molecular flexibility index (Phi) is 6.40. The summed E-state index contributed by atoms with van der Waals surface area (Å²) in [6, 6.07) is 7.96. The Morgan fingerprint density at radius 3 is 2.29 bits per heavy atom. The highest BCUT2D eigenvalue weighted by molar-refractivity contribution is 7.13. The summed E-state index contributed by atoms with van der Waals surface area (Å²) in [5, 5.41) is 4.00. The van der Waals surface area contributed by atoms with Crippen LogP contribution in [0.2, 0.25) is 0 Å². The summed E-state index contributed by atoms with van der Waals surface area (Å²) in [7, 11) is 2.81. The van der Waals surface area contributed by atoms with E-state index in [9.17, 15) is 26.3 Å². The molecule has 3 heterocycles. The second-order valence-corrected chi connectivity index (χ2v) is 8.01. The Labute approximate surface area is 198 Å². The lowest BCUT2D eigenvalue weighted by Gasteiger charge is -2.10. The molecule has 0 aliphatic rings. The summed E-state index contributed by atoms with van der Waals surface area (Å²) in [4.78, 5) is 11.6. The van der Waals surface area contributed by atoms with E-state index in [0.29, 0.717) is 22.6 Å². The van der Waals surface area contributed by atoms with Crippen LogP contribution >= 0.6 is 11.3 Å². The van der Waals surface area contributed by atoms with E-state index in [1.807, 2.05) is 0 Å². The minimum Gasteiger partial charge on any atom is -0.497 e. The van der Waals surface area contributed by atoms with Crippen LogP contribution in [0.4, 0.5) is 26.3 Å². The summed E-state index contributed by atoms with van der Waals surface area (Å²) in [6.07, 6.45) is -8.39. The average molecular weight is 515 g/mol. The van der Waals surface area contributed by atoms with Crippen LogP contribution in [-0.4, -0.2) is 31.8 Å². The van der Waals surface area contributed by atoms with Crippen molar-refractivity contribution in [1.29, 1.82) is 0 Å². The van der Waals surface area contributed by atoms with E-state index in [0.717, 1.165) is 22.3 Å². The van der Waals surface area contributed by atoms with Gasteiger partial charge in [-0.05, 0) is 17.7 Å². The van der Waals surface area contributed by atoms with Gasteiger partial charge in [0.15, 0.2) is 22.2 Å². The SMILES string of the molecule is COc1ccc(COc2cc(-c3cn(C)nc3C(F)(F)F)nc(-c3nc(C(F)(F)F)cs3)n2)cc1. The molecule has 35 heavy (non-hydrogen) atoms. The Balaban J connectivity index is 1.76. The number of alkyl halides is 6. The zero-order valence-corrected chi connectivity index (χ0v) is 18.8. The fourth-order valence-corrected chi connectivity index (χ4v) is 3.76. The number of ether oxygens (including phenoxy) is 2. The van der Waals surface area contributed by atoms with Crippen LogP contribution in [-0.2, 0) is 26.0 Å². The molecule has 0 radical (unpaired) electrons. The van der Waals surface area contributed by atoms with E-state index in [-0.39, 0.29) is 34.6 Å². The number of benzene rings is 1. The molecule has 0 atom stereocenters. The third-order valence-corrected chi connectivity index (χ3v) is 5.45. The van der Waals surface area contributed by atoms with E-state index in [1.165, 1.54) is 14.2 Å². The van der Waals surface area contributed by atoms with Crippen LogP contribution in [0.3, 0.4) is 0 Å². The summed E-state index contributed by atoms with van der Waals surface area (Å²) >= 11 is 0.607. The van der Waals surface area contributed by atoms with E-state index in [4.69, 9.17) is 9.47 Å². The lowest BCUT2D eigenvalue weighted by atomic mass is 10.1. The molecule has 0 aliphatic heterocycles. The predicted octanol–water partition coefficient (Wildman–Crippen LogP) is 5.63. The van der Waals surface area contributed by atoms with E-state index in [1.54, 1.807) is 24.3 Å². The topological polar surface area (TPSA) is 75.0 Å². The molecule has 14 heteroatoms. The molecule has 3 aromatic heterocycles. The molecule has 0 saturated carbocycles. The van der Waals surface area contributed by atoms with Crippen LogP contribution in [0.1, 0.15) is 17.0 Å². The molecular weight excluding hydrogens is 500 g/mol. The molecule has 184 valence electrons. The first-order valence-electron chi connectivity index (χ1n) is 9.73. The second kappa shape index (κ2) is 9.17. The number of thiazole rings is 1. The van der Waals surface area contributed by atoms with Gasteiger partial charge >= 0.3 is 12.4 Å². The van der Waals surface area contributed by atoms with Gasteiger partial charge in [0.25, 0.3) is 0 Å². The van der Waals surface area contributed by atoms with Crippen LogP contribution in [0.25, 0.3) is 22.1 Å². The highest BCUT2D eigenvalue weighted by Gasteiger charge is 2.38. The molecule has 0 N–H and O–H groups in total. The smallest absolute Gasteiger partial charge is 0.435 e. The highest BCUT2D eigenvalue weighted by Crippen LogP contribution is 2.38. The number of halogens is 6. The van der Waals surface area contributed by atoms with Crippen molar-refractivity contribution in [1.82, 2.24) is 24.7 Å². The van der Waals surface area contributed by atoms with Gasteiger partial charge in [-0.25, -0.2) is 9.97 Å². The lowest BCUT2D eigenvalue weighted by molar-refractivity contribution is -0.141. The van der Waals surface area contributed by atoms with Gasteiger partial charge in [0, 0.05) is 24.7 Å². The maximum Gasteiger partial charge on any atom is 0.435 e. The first kappa shape index (κ1) is 24.4. The quantitative estimate of drug-likeness (QED) is 0.310. The van der Waals surface area contributed by atoms with Crippen LogP contribution in [0.15, 0.2) is 41.9 Å². The van der Waals surface area contributed by atoms with Gasteiger partial charge in [-0.15, -0.1) is 11.3 Å². The fourth-order valence-electron chi connectivity index (χ4n) is 3.00. The van der Waals surface area contributed by atoms with Gasteiger partial charge in [-0.2, -0.15) is 36.4 Å². The monoisotopic (exact) mass is 515 g/mol. The molecule has 1 aromatic carbocycles. The number of aryl methyl sites for hydroxylation is 1. The molecule has 0 aliphatic carbocycles. The Morgan fingerprint density at radius 2 is 1.69 bits per heavy atom. The minimum atomic E-state index is -4.80. The molecule has 0 fully saturated rings. The number of aromatic nitrogens is 5. The van der Waals surface area contributed by atoms with Gasteiger partial charge in [-0.1, -0.05) is 12.1 Å². The highest BCUT2D eigenvalue weighted by atomic mass is 32.1. The van der Waals surface area contributed by atoms with E-state index in [2.05, 4.69) is 20.1 Å². The molecule has 0 amide bonds. The van der Waals surface area contributed by atoms with Gasteiger partial charge in [0.1, 0.15) is 12.4 Å². The Bertz CT molecular complexity index is 1330. The van der Waals surface area contributed by atoms with Crippen molar-refractivity contribution in [2.45, 2.75) is 19.0 Å². The van der Waals surface area contributed by atoms with Gasteiger partial charge in [0.05, 0.1) is 18.4 Å². The van der Waals surface area contributed by atoms with Crippen molar-refractivity contribution in [3.05, 3.63) is 58.9 Å². The maximum absolute atomic E-state index is 13.5. The second-order valence-electron chi connectivity index (χ2n) is 7.15. The summed E-state index contributed by atoms with van der Waals surface area (Å²) < 4.78 is 91.4. The summed E-state index contributed by atoms with van der Waals surface area (Å²) in [5.74, 6) is 0.145. The molecular formula is C21H15F6N5O2S. The van der Waals surface area contributed by atoms with E-state index >= 15 is 0 Å². The van der Waals surface area contributed by atoms with Crippen LogP contribution < -0.4 is 9.47 Å². The molecule has 0 spiro atoms. The molecule has 0 unspecified atom stereocenters. The molecule has 0 bridgehead atoms. The zero-order valence-electron chi connectivity index (χ0n) is 18.0. The third-order valence-electron chi connectivity index (χ3n) is 4.61.